The molecule has 0 bridgehead atoms. The van der Waals surface area contributed by atoms with Gasteiger partial charge in [0.15, 0.2) is 0 Å². The molecule has 0 aliphatic heterocycles. The van der Waals surface area contributed by atoms with Crippen molar-refractivity contribution in [3.05, 3.63) is 22.7 Å². The van der Waals surface area contributed by atoms with E-state index in [1.165, 1.54) is 0 Å². The molecule has 0 atom stereocenters. The van der Waals surface area contributed by atoms with E-state index < -0.39 is 0 Å². The lowest BCUT2D eigenvalue weighted by atomic mass is 10.5. The number of rotatable bonds is 2. The van der Waals surface area contributed by atoms with E-state index >= 15 is 0 Å². The van der Waals surface area contributed by atoms with E-state index in [9.17, 15) is 0 Å². The molecule has 3 heteroatoms. The molecule has 0 unspecified atom stereocenters. The number of hydrogen-bond donors (Lipinski definition) is 1. The van der Waals surface area contributed by atoms with Crippen molar-refractivity contribution in [3.8, 4) is 0 Å². The van der Waals surface area contributed by atoms with Crippen LogP contribution in [0.15, 0.2) is 17.7 Å². The van der Waals surface area contributed by atoms with Gasteiger partial charge < -0.3 is 5.11 Å². The summed E-state index contributed by atoms with van der Waals surface area (Å²) in [5.41, 5.74) is 0. The molecule has 1 rings (SSSR count). The Morgan fingerprint density at radius 1 is 1.78 bits per heavy atom. The van der Waals surface area contributed by atoms with Gasteiger partial charge in [-0.2, -0.15) is 0 Å². The Labute approximate surface area is 57.5 Å². The van der Waals surface area contributed by atoms with Gasteiger partial charge in [-0.3, -0.25) is 0 Å². The summed E-state index contributed by atoms with van der Waals surface area (Å²) in [6, 6.07) is 0. The molecule has 0 fully saturated rings. The molecule has 0 spiro atoms. The third kappa shape index (κ3) is 1.95. The molecule has 9 heavy (non-hydrogen) atoms. The van der Waals surface area contributed by atoms with Gasteiger partial charge in [0.25, 0.3) is 0 Å². The van der Waals surface area contributed by atoms with Crippen molar-refractivity contribution in [2.75, 3.05) is 6.61 Å². The van der Waals surface area contributed by atoms with Gasteiger partial charge in [-0.25, -0.2) is 4.98 Å². The van der Waals surface area contributed by atoms with E-state index in [-0.39, 0.29) is 6.61 Å². The Kier molecular flexibility index (Phi) is 2.42. The molecule has 0 aromatic carbocycles. The van der Waals surface area contributed by atoms with E-state index in [1.807, 2.05) is 5.38 Å². The van der Waals surface area contributed by atoms with Crippen LogP contribution in [0.5, 0.6) is 0 Å². The molecule has 0 amide bonds. The number of hydrogen-bond acceptors (Lipinski definition) is 3. The van der Waals surface area contributed by atoms with Crippen LogP contribution in [0.3, 0.4) is 0 Å². The zero-order valence-corrected chi connectivity index (χ0v) is 5.64. The monoisotopic (exact) mass is 141 g/mol. The highest BCUT2D eigenvalue weighted by Crippen LogP contribution is 2.04. The van der Waals surface area contributed by atoms with Crippen LogP contribution < -0.4 is 0 Å². The van der Waals surface area contributed by atoms with Gasteiger partial charge in [0.1, 0.15) is 5.01 Å². The first-order valence-corrected chi connectivity index (χ1v) is 3.48. The van der Waals surface area contributed by atoms with Gasteiger partial charge in [-0.1, -0.05) is 6.08 Å². The van der Waals surface area contributed by atoms with Crippen molar-refractivity contribution in [1.29, 1.82) is 0 Å². The molecule has 0 saturated carbocycles. The van der Waals surface area contributed by atoms with Gasteiger partial charge in [0, 0.05) is 11.6 Å². The van der Waals surface area contributed by atoms with Crippen LogP contribution in [-0.2, 0) is 0 Å². The third-order valence-electron chi connectivity index (χ3n) is 0.817. The molecular formula is C6H7NOS. The summed E-state index contributed by atoms with van der Waals surface area (Å²) in [5.74, 6) is 0. The number of aromatic nitrogens is 1. The minimum Gasteiger partial charge on any atom is -0.392 e. The Hall–Kier alpha value is -0.670. The van der Waals surface area contributed by atoms with Crippen molar-refractivity contribution < 1.29 is 5.11 Å². The lowest BCUT2D eigenvalue weighted by molar-refractivity contribution is 0.343. The summed E-state index contributed by atoms with van der Waals surface area (Å²) in [4.78, 5) is 3.97. The first-order chi connectivity index (χ1) is 4.43. The van der Waals surface area contributed by atoms with Crippen LogP contribution in [0, 0.1) is 0 Å². The molecule has 1 aromatic heterocycles. The maximum absolute atomic E-state index is 8.36. The highest BCUT2D eigenvalue weighted by molar-refractivity contribution is 7.10. The average molecular weight is 141 g/mol. The van der Waals surface area contributed by atoms with Gasteiger partial charge in [-0.05, 0) is 6.08 Å². The number of aliphatic hydroxyl groups excluding tert-OH is 1. The topological polar surface area (TPSA) is 33.1 Å². The van der Waals surface area contributed by atoms with Crippen LogP contribution in [-0.4, -0.2) is 16.7 Å². The summed E-state index contributed by atoms with van der Waals surface area (Å²) in [6.45, 7) is 0.0829. The van der Waals surface area contributed by atoms with Crippen molar-refractivity contribution in [1.82, 2.24) is 4.98 Å². The number of nitrogens with zero attached hydrogens (tertiary/aromatic N) is 1. The summed E-state index contributed by atoms with van der Waals surface area (Å²) >= 11 is 1.55. The zero-order valence-electron chi connectivity index (χ0n) is 4.82. The minimum absolute atomic E-state index is 0.0829. The fraction of sp³-hybridized carbons (Fsp3) is 0.167. The lowest BCUT2D eigenvalue weighted by Crippen LogP contribution is -1.70. The number of aliphatic hydroxyl groups is 1. The predicted molar refractivity (Wildman–Crippen MR) is 38.2 cm³/mol. The Morgan fingerprint density at radius 3 is 3.22 bits per heavy atom. The summed E-state index contributed by atoms with van der Waals surface area (Å²) < 4.78 is 0. The van der Waals surface area contributed by atoms with Gasteiger partial charge in [0.05, 0.1) is 6.61 Å². The highest BCUT2D eigenvalue weighted by atomic mass is 32.1. The largest absolute Gasteiger partial charge is 0.392 e. The van der Waals surface area contributed by atoms with E-state index in [4.69, 9.17) is 5.11 Å². The Morgan fingerprint density at radius 2 is 2.67 bits per heavy atom. The molecule has 0 aliphatic carbocycles. The average Bonchev–Trinajstić information content (AvgIpc) is 2.34. The first-order valence-electron chi connectivity index (χ1n) is 2.60. The van der Waals surface area contributed by atoms with Crippen LogP contribution >= 0.6 is 11.3 Å². The Balaban J connectivity index is 2.57. The standard InChI is InChI=1S/C6H7NOS/c8-4-1-2-6-7-3-5-9-6/h1-3,5,8H,4H2. The molecule has 1 N–H and O–H groups in total. The summed E-state index contributed by atoms with van der Waals surface area (Å²) in [7, 11) is 0. The Bertz CT molecular complexity index is 181. The fourth-order valence-corrected chi connectivity index (χ4v) is 1.03. The number of thiazole rings is 1. The molecule has 2 nitrogen and oxygen atoms in total. The van der Waals surface area contributed by atoms with E-state index in [2.05, 4.69) is 4.98 Å². The maximum Gasteiger partial charge on any atom is 0.115 e. The quantitative estimate of drug-likeness (QED) is 0.670. The molecule has 48 valence electrons. The van der Waals surface area contributed by atoms with Gasteiger partial charge in [-0.15, -0.1) is 11.3 Å². The predicted octanol–water partition coefficient (Wildman–Crippen LogP) is 1.15. The van der Waals surface area contributed by atoms with Crippen molar-refractivity contribution in [2.45, 2.75) is 0 Å². The second kappa shape index (κ2) is 3.37. The molecule has 0 saturated heterocycles. The van der Waals surface area contributed by atoms with E-state index in [1.54, 1.807) is 29.7 Å². The highest BCUT2D eigenvalue weighted by Gasteiger charge is 1.83. The SMILES string of the molecule is OCC=Cc1nccs1. The lowest BCUT2D eigenvalue weighted by Gasteiger charge is -1.77. The maximum atomic E-state index is 8.36. The van der Waals surface area contributed by atoms with Crippen LogP contribution in [0.25, 0.3) is 6.08 Å². The summed E-state index contributed by atoms with van der Waals surface area (Å²) in [5, 5.41) is 11.2. The van der Waals surface area contributed by atoms with Crippen molar-refractivity contribution in [3.63, 3.8) is 0 Å². The second-order valence-corrected chi connectivity index (χ2v) is 2.38. The molecule has 1 aromatic rings. The van der Waals surface area contributed by atoms with Gasteiger partial charge in [0.2, 0.25) is 0 Å². The van der Waals surface area contributed by atoms with E-state index in [0.717, 1.165) is 5.01 Å². The van der Waals surface area contributed by atoms with Crippen molar-refractivity contribution in [2.24, 2.45) is 0 Å². The van der Waals surface area contributed by atoms with Crippen LogP contribution in [0.4, 0.5) is 0 Å². The van der Waals surface area contributed by atoms with Crippen LogP contribution in [0.2, 0.25) is 0 Å². The summed E-state index contributed by atoms with van der Waals surface area (Å²) in [6.07, 6.45) is 5.20. The van der Waals surface area contributed by atoms with E-state index in [0.29, 0.717) is 0 Å². The van der Waals surface area contributed by atoms with Crippen molar-refractivity contribution >= 4 is 17.4 Å². The van der Waals surface area contributed by atoms with Gasteiger partial charge >= 0.3 is 0 Å². The minimum atomic E-state index is 0.0829. The molecule has 1 heterocycles. The molecule has 0 radical (unpaired) electrons. The first kappa shape index (κ1) is 6.45. The van der Waals surface area contributed by atoms with Crippen LogP contribution in [0.1, 0.15) is 5.01 Å². The smallest absolute Gasteiger partial charge is 0.115 e. The third-order valence-corrected chi connectivity index (χ3v) is 1.56. The zero-order chi connectivity index (χ0) is 6.53. The molecule has 0 aliphatic rings. The normalized spacial score (nSPS) is 10.8. The molecular weight excluding hydrogens is 134 g/mol. The fourth-order valence-electron chi connectivity index (χ4n) is 0.470. The second-order valence-electron chi connectivity index (χ2n) is 1.46.